The molecule has 0 atom stereocenters. The largest absolute Gasteiger partial charge is 0.366 e. The molecule has 0 aliphatic carbocycles. The predicted molar refractivity (Wildman–Crippen MR) is 56.7 cm³/mol. The van der Waals surface area contributed by atoms with Crippen molar-refractivity contribution >= 4 is 35.1 Å². The van der Waals surface area contributed by atoms with Crippen LogP contribution in [0.2, 0.25) is 5.15 Å². The Morgan fingerprint density at radius 3 is 2.79 bits per heavy atom. The maximum Gasteiger partial charge on any atom is 0.223 e. The lowest BCUT2D eigenvalue weighted by Gasteiger charge is -2.09. The first-order chi connectivity index (χ1) is 6.61. The van der Waals surface area contributed by atoms with Crippen LogP contribution in [0.15, 0.2) is 0 Å². The molecule has 1 aromatic rings. The first kappa shape index (κ1) is 11.2. The quantitative estimate of drug-likeness (QED) is 0.847. The molecule has 14 heavy (non-hydrogen) atoms. The third-order valence-corrected chi connectivity index (χ3v) is 2.47. The second kappa shape index (κ2) is 5.11. The molecular formula is C7H11ClN4OS. The van der Waals surface area contributed by atoms with E-state index in [-0.39, 0.29) is 5.91 Å². The standard InChI is InChI=1S/C7H11ClN4OS/c1-12(2)5(13)3-4-9-7-6(8)10-14-11-7/h3-4H2,1-2H3,(H,9,11). The Balaban J connectivity index is 2.29. The molecule has 1 N–H and O–H groups in total. The van der Waals surface area contributed by atoms with Crippen LogP contribution >= 0.6 is 23.3 Å². The summed E-state index contributed by atoms with van der Waals surface area (Å²) in [7, 11) is 3.44. The van der Waals surface area contributed by atoms with Crippen molar-refractivity contribution in [2.45, 2.75) is 6.42 Å². The van der Waals surface area contributed by atoms with Crippen molar-refractivity contribution in [3.8, 4) is 0 Å². The van der Waals surface area contributed by atoms with Crippen molar-refractivity contribution in [1.29, 1.82) is 0 Å². The molecule has 1 amide bonds. The third-order valence-electron chi connectivity index (χ3n) is 1.58. The fourth-order valence-corrected chi connectivity index (χ4v) is 1.48. The van der Waals surface area contributed by atoms with Crippen molar-refractivity contribution in [1.82, 2.24) is 13.6 Å². The molecule has 0 saturated heterocycles. The Bertz CT molecular complexity index is 314. The van der Waals surface area contributed by atoms with Crippen LogP contribution in [0.25, 0.3) is 0 Å². The minimum atomic E-state index is 0.0665. The Morgan fingerprint density at radius 2 is 2.29 bits per heavy atom. The molecule has 0 spiro atoms. The minimum Gasteiger partial charge on any atom is -0.366 e. The molecule has 1 heterocycles. The summed E-state index contributed by atoms with van der Waals surface area (Å²) in [5.74, 6) is 0.611. The third kappa shape index (κ3) is 3.12. The molecule has 0 aliphatic rings. The lowest BCUT2D eigenvalue weighted by atomic mass is 10.4. The van der Waals surface area contributed by atoms with Gasteiger partial charge in [0.15, 0.2) is 11.0 Å². The summed E-state index contributed by atoms with van der Waals surface area (Å²) in [5.41, 5.74) is 0. The van der Waals surface area contributed by atoms with Crippen LogP contribution < -0.4 is 5.32 Å². The molecule has 0 aromatic carbocycles. The molecule has 0 bridgehead atoms. The topological polar surface area (TPSA) is 58.1 Å². The van der Waals surface area contributed by atoms with Gasteiger partial charge < -0.3 is 10.2 Å². The highest BCUT2D eigenvalue weighted by atomic mass is 35.5. The van der Waals surface area contributed by atoms with Gasteiger partial charge >= 0.3 is 0 Å². The summed E-state index contributed by atoms with van der Waals surface area (Å²) in [6.07, 6.45) is 0.418. The van der Waals surface area contributed by atoms with E-state index in [1.807, 2.05) is 0 Å². The first-order valence-electron chi connectivity index (χ1n) is 4.03. The van der Waals surface area contributed by atoms with Crippen LogP contribution in [0, 0.1) is 0 Å². The van der Waals surface area contributed by atoms with Crippen molar-refractivity contribution in [3.63, 3.8) is 0 Å². The number of rotatable bonds is 4. The first-order valence-corrected chi connectivity index (χ1v) is 5.14. The Morgan fingerprint density at radius 1 is 1.57 bits per heavy atom. The zero-order valence-corrected chi connectivity index (χ0v) is 9.52. The second-order valence-electron chi connectivity index (χ2n) is 2.87. The van der Waals surface area contributed by atoms with Crippen LogP contribution in [0.5, 0.6) is 0 Å². The van der Waals surface area contributed by atoms with Gasteiger partial charge in [-0.3, -0.25) is 4.79 Å². The van der Waals surface area contributed by atoms with Crippen molar-refractivity contribution < 1.29 is 4.79 Å². The molecule has 5 nitrogen and oxygen atoms in total. The molecule has 1 rings (SSSR count). The van der Waals surface area contributed by atoms with Gasteiger partial charge in [0.05, 0.1) is 11.7 Å². The SMILES string of the molecule is CN(C)C(=O)CCNc1nsnc1Cl. The lowest BCUT2D eigenvalue weighted by Crippen LogP contribution is -2.23. The average molecular weight is 235 g/mol. The van der Waals surface area contributed by atoms with Crippen molar-refractivity contribution in [2.24, 2.45) is 0 Å². The lowest BCUT2D eigenvalue weighted by molar-refractivity contribution is -0.128. The normalized spacial score (nSPS) is 9.93. The monoisotopic (exact) mass is 234 g/mol. The number of halogens is 1. The Hall–Kier alpha value is -0.880. The molecule has 0 unspecified atom stereocenters. The number of hydrogen-bond donors (Lipinski definition) is 1. The summed E-state index contributed by atoms with van der Waals surface area (Å²) in [5, 5.41) is 3.29. The van der Waals surface area contributed by atoms with Gasteiger partial charge in [0.2, 0.25) is 5.91 Å². The van der Waals surface area contributed by atoms with E-state index in [0.717, 1.165) is 11.7 Å². The van der Waals surface area contributed by atoms with Crippen LogP contribution in [0.4, 0.5) is 5.82 Å². The average Bonchev–Trinajstić information content (AvgIpc) is 2.51. The smallest absolute Gasteiger partial charge is 0.223 e. The molecule has 1 aromatic heterocycles. The van der Waals surface area contributed by atoms with E-state index in [0.29, 0.717) is 23.9 Å². The fourth-order valence-electron chi connectivity index (χ4n) is 0.795. The molecule has 0 aliphatic heterocycles. The zero-order chi connectivity index (χ0) is 10.6. The summed E-state index contributed by atoms with van der Waals surface area (Å²) in [6, 6.07) is 0. The zero-order valence-electron chi connectivity index (χ0n) is 7.95. The van der Waals surface area contributed by atoms with Gasteiger partial charge in [-0.25, -0.2) is 0 Å². The maximum absolute atomic E-state index is 11.2. The molecular weight excluding hydrogens is 224 g/mol. The van der Waals surface area contributed by atoms with E-state index in [1.165, 1.54) is 0 Å². The van der Waals surface area contributed by atoms with Gasteiger partial charge in [-0.05, 0) is 0 Å². The van der Waals surface area contributed by atoms with Crippen LogP contribution in [-0.4, -0.2) is 40.2 Å². The van der Waals surface area contributed by atoms with Gasteiger partial charge in [-0.1, -0.05) is 11.6 Å². The van der Waals surface area contributed by atoms with Crippen LogP contribution in [0.1, 0.15) is 6.42 Å². The molecule has 0 fully saturated rings. The highest BCUT2D eigenvalue weighted by Gasteiger charge is 2.06. The van der Waals surface area contributed by atoms with E-state index in [4.69, 9.17) is 11.6 Å². The Labute approximate surface area is 91.4 Å². The van der Waals surface area contributed by atoms with Crippen molar-refractivity contribution in [3.05, 3.63) is 5.15 Å². The predicted octanol–water partition coefficient (Wildman–Crippen LogP) is 1.08. The number of nitrogens with zero attached hydrogens (tertiary/aromatic N) is 3. The second-order valence-corrected chi connectivity index (χ2v) is 3.76. The van der Waals surface area contributed by atoms with Gasteiger partial charge in [0.25, 0.3) is 0 Å². The fraction of sp³-hybridized carbons (Fsp3) is 0.571. The number of aromatic nitrogens is 2. The van der Waals surface area contributed by atoms with E-state index in [9.17, 15) is 4.79 Å². The summed E-state index contributed by atoms with van der Waals surface area (Å²) in [4.78, 5) is 12.7. The van der Waals surface area contributed by atoms with Gasteiger partial charge in [0.1, 0.15) is 0 Å². The number of amides is 1. The number of carbonyl (C=O) groups is 1. The minimum absolute atomic E-state index is 0.0665. The van der Waals surface area contributed by atoms with Gasteiger partial charge in [0, 0.05) is 27.1 Å². The van der Waals surface area contributed by atoms with E-state index >= 15 is 0 Å². The van der Waals surface area contributed by atoms with E-state index < -0.39 is 0 Å². The number of carbonyl (C=O) groups excluding carboxylic acids is 1. The van der Waals surface area contributed by atoms with Crippen LogP contribution in [-0.2, 0) is 4.79 Å². The number of nitrogens with one attached hydrogen (secondary N) is 1. The molecule has 7 heteroatoms. The summed E-state index contributed by atoms with van der Waals surface area (Å²) in [6.45, 7) is 0.516. The molecule has 78 valence electrons. The van der Waals surface area contributed by atoms with Crippen LogP contribution in [0.3, 0.4) is 0 Å². The summed E-state index contributed by atoms with van der Waals surface area (Å²) >= 11 is 6.74. The number of hydrogen-bond acceptors (Lipinski definition) is 5. The summed E-state index contributed by atoms with van der Waals surface area (Å²) < 4.78 is 7.71. The highest BCUT2D eigenvalue weighted by molar-refractivity contribution is 6.99. The van der Waals surface area contributed by atoms with Gasteiger partial charge in [-0.2, -0.15) is 8.75 Å². The van der Waals surface area contributed by atoms with E-state index in [1.54, 1.807) is 19.0 Å². The number of anilines is 1. The Kier molecular flexibility index (Phi) is 4.09. The van der Waals surface area contributed by atoms with Crippen molar-refractivity contribution in [2.75, 3.05) is 26.0 Å². The molecule has 0 saturated carbocycles. The highest BCUT2D eigenvalue weighted by Crippen LogP contribution is 2.17. The van der Waals surface area contributed by atoms with Gasteiger partial charge in [-0.15, -0.1) is 0 Å². The maximum atomic E-state index is 11.2. The van der Waals surface area contributed by atoms with E-state index in [2.05, 4.69) is 14.1 Å². The molecule has 0 radical (unpaired) electrons.